The summed E-state index contributed by atoms with van der Waals surface area (Å²) in [5.74, 6) is 1.34. The van der Waals surface area contributed by atoms with Gasteiger partial charge in [0.05, 0.1) is 5.69 Å². The van der Waals surface area contributed by atoms with Crippen molar-refractivity contribution in [3.8, 4) is 0 Å². The Balaban J connectivity index is 1.70. The molecule has 1 N–H and O–H groups in total. The number of aryl methyl sites for hydroxylation is 2. The van der Waals surface area contributed by atoms with Gasteiger partial charge in [-0.05, 0) is 31.2 Å². The van der Waals surface area contributed by atoms with Gasteiger partial charge in [0, 0.05) is 24.0 Å². The van der Waals surface area contributed by atoms with Crippen molar-refractivity contribution in [3.05, 3.63) is 89.4 Å². The number of benzene rings is 2. The molecule has 0 aliphatic heterocycles. The number of ketones is 1. The maximum atomic E-state index is 12.7. The molecule has 1 heterocycles. The standard InChI is InChI=1S/C21H19NO3/c1-15-11-12-17(25-15)13-14-20(23)22-19-10-6-5-9-18(19)21(24)16-7-3-2-4-8-16/h2-12H,13-14H2,1H3,(H,22,23). The van der Waals surface area contributed by atoms with Crippen LogP contribution in [0.2, 0.25) is 0 Å². The van der Waals surface area contributed by atoms with E-state index in [0.29, 0.717) is 29.7 Å². The molecule has 4 heteroatoms. The average molecular weight is 333 g/mol. The van der Waals surface area contributed by atoms with E-state index in [1.165, 1.54) is 0 Å². The number of hydrogen-bond acceptors (Lipinski definition) is 3. The molecule has 1 amide bonds. The van der Waals surface area contributed by atoms with E-state index in [1.807, 2.05) is 37.3 Å². The molecule has 4 nitrogen and oxygen atoms in total. The third-order valence-corrected chi connectivity index (χ3v) is 3.88. The van der Waals surface area contributed by atoms with Crippen LogP contribution in [0.4, 0.5) is 5.69 Å². The first-order valence-electron chi connectivity index (χ1n) is 8.17. The normalized spacial score (nSPS) is 10.4. The first-order chi connectivity index (χ1) is 12.1. The summed E-state index contributed by atoms with van der Waals surface area (Å²) in [6, 6.07) is 19.8. The highest BCUT2D eigenvalue weighted by Crippen LogP contribution is 2.20. The SMILES string of the molecule is Cc1ccc(CCC(=O)Nc2ccccc2C(=O)c2ccccc2)o1. The number of para-hydroxylation sites is 1. The van der Waals surface area contributed by atoms with Gasteiger partial charge in [-0.15, -0.1) is 0 Å². The number of nitrogens with one attached hydrogen (secondary N) is 1. The molecule has 0 unspecified atom stereocenters. The van der Waals surface area contributed by atoms with Gasteiger partial charge in [0.15, 0.2) is 5.78 Å². The molecular formula is C21H19NO3. The van der Waals surface area contributed by atoms with Gasteiger partial charge in [0.1, 0.15) is 11.5 Å². The minimum absolute atomic E-state index is 0.113. The second-order valence-corrected chi connectivity index (χ2v) is 5.80. The van der Waals surface area contributed by atoms with Gasteiger partial charge < -0.3 is 9.73 Å². The fraction of sp³-hybridized carbons (Fsp3) is 0.143. The van der Waals surface area contributed by atoms with Crippen LogP contribution in [0.1, 0.15) is 33.9 Å². The monoisotopic (exact) mass is 333 g/mol. The molecule has 0 aliphatic carbocycles. The van der Waals surface area contributed by atoms with E-state index in [2.05, 4.69) is 5.32 Å². The number of anilines is 1. The number of amides is 1. The van der Waals surface area contributed by atoms with Crippen molar-refractivity contribution in [3.63, 3.8) is 0 Å². The van der Waals surface area contributed by atoms with Crippen molar-refractivity contribution >= 4 is 17.4 Å². The molecule has 0 saturated carbocycles. The van der Waals surface area contributed by atoms with E-state index in [4.69, 9.17) is 4.42 Å². The number of carbonyl (C=O) groups is 2. The van der Waals surface area contributed by atoms with Crippen molar-refractivity contribution in [2.75, 3.05) is 5.32 Å². The molecule has 0 bridgehead atoms. The summed E-state index contributed by atoms with van der Waals surface area (Å²) in [4.78, 5) is 24.9. The second-order valence-electron chi connectivity index (χ2n) is 5.80. The predicted octanol–water partition coefficient (Wildman–Crippen LogP) is 4.39. The lowest BCUT2D eigenvalue weighted by Gasteiger charge is -2.10. The highest BCUT2D eigenvalue weighted by atomic mass is 16.3. The van der Waals surface area contributed by atoms with Crippen molar-refractivity contribution in [1.29, 1.82) is 0 Å². The van der Waals surface area contributed by atoms with Crippen LogP contribution in [-0.4, -0.2) is 11.7 Å². The lowest BCUT2D eigenvalue weighted by Crippen LogP contribution is -2.15. The smallest absolute Gasteiger partial charge is 0.224 e. The Morgan fingerprint density at radius 3 is 2.36 bits per heavy atom. The third kappa shape index (κ3) is 4.23. The third-order valence-electron chi connectivity index (χ3n) is 3.88. The minimum atomic E-state index is -0.151. The van der Waals surface area contributed by atoms with E-state index in [1.54, 1.807) is 36.4 Å². The van der Waals surface area contributed by atoms with Crippen molar-refractivity contribution < 1.29 is 14.0 Å². The fourth-order valence-corrected chi connectivity index (χ4v) is 2.60. The zero-order valence-electron chi connectivity index (χ0n) is 14.0. The zero-order valence-corrected chi connectivity index (χ0v) is 14.0. The molecule has 1 aromatic heterocycles. The molecule has 0 spiro atoms. The molecule has 0 atom stereocenters. The molecule has 3 rings (SSSR count). The van der Waals surface area contributed by atoms with E-state index in [0.717, 1.165) is 11.5 Å². The summed E-state index contributed by atoms with van der Waals surface area (Å²) in [6.45, 7) is 1.87. The van der Waals surface area contributed by atoms with Gasteiger partial charge >= 0.3 is 0 Å². The highest BCUT2D eigenvalue weighted by molar-refractivity contribution is 6.13. The molecule has 3 aromatic rings. The molecule has 2 aromatic carbocycles. The van der Waals surface area contributed by atoms with Crippen LogP contribution < -0.4 is 5.32 Å². The van der Waals surface area contributed by atoms with E-state index < -0.39 is 0 Å². The first-order valence-corrected chi connectivity index (χ1v) is 8.17. The van der Waals surface area contributed by atoms with Gasteiger partial charge in [-0.1, -0.05) is 42.5 Å². The number of carbonyl (C=O) groups excluding carboxylic acids is 2. The maximum Gasteiger partial charge on any atom is 0.224 e. The van der Waals surface area contributed by atoms with Crippen LogP contribution in [0.3, 0.4) is 0 Å². The van der Waals surface area contributed by atoms with Gasteiger partial charge in [-0.3, -0.25) is 9.59 Å². The summed E-state index contributed by atoms with van der Waals surface area (Å²) < 4.78 is 5.47. The van der Waals surface area contributed by atoms with E-state index >= 15 is 0 Å². The Morgan fingerprint density at radius 2 is 1.64 bits per heavy atom. The molecule has 0 radical (unpaired) electrons. The van der Waals surface area contributed by atoms with Crippen molar-refractivity contribution in [2.24, 2.45) is 0 Å². The van der Waals surface area contributed by atoms with Crippen LogP contribution in [0.25, 0.3) is 0 Å². The topological polar surface area (TPSA) is 59.3 Å². The van der Waals surface area contributed by atoms with Gasteiger partial charge in [-0.2, -0.15) is 0 Å². The Labute approximate surface area is 146 Å². The van der Waals surface area contributed by atoms with Gasteiger partial charge in [-0.25, -0.2) is 0 Å². The largest absolute Gasteiger partial charge is 0.466 e. The molecule has 0 saturated heterocycles. The minimum Gasteiger partial charge on any atom is -0.466 e. The van der Waals surface area contributed by atoms with E-state index in [9.17, 15) is 9.59 Å². The molecule has 25 heavy (non-hydrogen) atoms. The average Bonchev–Trinajstić information content (AvgIpc) is 3.06. The highest BCUT2D eigenvalue weighted by Gasteiger charge is 2.15. The maximum absolute atomic E-state index is 12.7. The van der Waals surface area contributed by atoms with Crippen LogP contribution in [0.15, 0.2) is 71.1 Å². The fourth-order valence-electron chi connectivity index (χ4n) is 2.60. The Bertz CT molecular complexity index is 881. The van der Waals surface area contributed by atoms with Crippen LogP contribution in [0.5, 0.6) is 0 Å². The van der Waals surface area contributed by atoms with Crippen LogP contribution in [0, 0.1) is 6.92 Å². The Morgan fingerprint density at radius 1 is 0.920 bits per heavy atom. The summed E-state index contributed by atoms with van der Waals surface area (Å²) in [5, 5.41) is 2.84. The summed E-state index contributed by atoms with van der Waals surface area (Å²) in [7, 11) is 0. The second kappa shape index (κ2) is 7.62. The Hall–Kier alpha value is -3.14. The summed E-state index contributed by atoms with van der Waals surface area (Å²) >= 11 is 0. The molecule has 0 fully saturated rings. The molecular weight excluding hydrogens is 314 g/mol. The quantitative estimate of drug-likeness (QED) is 0.681. The lowest BCUT2D eigenvalue weighted by molar-refractivity contribution is -0.116. The summed E-state index contributed by atoms with van der Waals surface area (Å²) in [6.07, 6.45) is 0.815. The Kier molecular flexibility index (Phi) is 5.09. The molecule has 126 valence electrons. The number of hydrogen-bond donors (Lipinski definition) is 1. The van der Waals surface area contributed by atoms with Crippen molar-refractivity contribution in [1.82, 2.24) is 0 Å². The van der Waals surface area contributed by atoms with Gasteiger partial charge in [0.2, 0.25) is 5.91 Å². The summed E-state index contributed by atoms with van der Waals surface area (Å²) in [5.41, 5.74) is 1.60. The van der Waals surface area contributed by atoms with Crippen molar-refractivity contribution in [2.45, 2.75) is 19.8 Å². The van der Waals surface area contributed by atoms with Crippen LogP contribution >= 0.6 is 0 Å². The zero-order chi connectivity index (χ0) is 17.6. The van der Waals surface area contributed by atoms with Crippen LogP contribution in [-0.2, 0) is 11.2 Å². The molecule has 0 aliphatic rings. The van der Waals surface area contributed by atoms with E-state index in [-0.39, 0.29) is 11.7 Å². The number of rotatable bonds is 6. The predicted molar refractivity (Wildman–Crippen MR) is 96.7 cm³/mol. The van der Waals surface area contributed by atoms with Gasteiger partial charge in [0.25, 0.3) is 0 Å². The number of furan rings is 1. The first kappa shape index (κ1) is 16.7. The lowest BCUT2D eigenvalue weighted by atomic mass is 10.0.